The summed E-state index contributed by atoms with van der Waals surface area (Å²) in [7, 11) is -5.99. The molecule has 0 aromatic carbocycles. The largest absolute Gasteiger partial charge is 0.534 e. The molecule has 0 N–H and O–H groups in total. The van der Waals surface area contributed by atoms with Gasteiger partial charge in [0.1, 0.15) is 0 Å². The molecular weight excluding hydrogens is 359 g/mol. The van der Waals surface area contributed by atoms with Gasteiger partial charge in [0.05, 0.1) is 11.5 Å². The van der Waals surface area contributed by atoms with Crippen molar-refractivity contribution in [2.45, 2.75) is 46.2 Å². The van der Waals surface area contributed by atoms with E-state index in [4.69, 9.17) is 0 Å². The summed E-state index contributed by atoms with van der Waals surface area (Å²) in [4.78, 5) is 9.74. The van der Waals surface area contributed by atoms with Crippen LogP contribution in [0.4, 0.5) is 13.2 Å². The van der Waals surface area contributed by atoms with Gasteiger partial charge in [0.25, 0.3) is 5.82 Å². The average Bonchev–Trinajstić information content (AvgIpc) is 2.97. The Labute approximate surface area is 135 Å². The van der Waals surface area contributed by atoms with Crippen LogP contribution in [-0.4, -0.2) is 39.1 Å². The Hall–Kier alpha value is -2.25. The number of rotatable bonds is 3. The molecule has 0 bridgehead atoms. The van der Waals surface area contributed by atoms with Gasteiger partial charge < -0.3 is 4.18 Å². The summed E-state index contributed by atoms with van der Waals surface area (Å²) in [5.74, 6) is -1.44. The second kappa shape index (κ2) is 8.56. The molecule has 10 nitrogen and oxygen atoms in total. The van der Waals surface area contributed by atoms with Crippen molar-refractivity contribution in [2.24, 2.45) is 0 Å². The Morgan fingerprint density at radius 3 is 2.25 bits per heavy atom. The van der Waals surface area contributed by atoms with Crippen LogP contribution in [0.15, 0.2) is 5.76 Å². The summed E-state index contributed by atoms with van der Waals surface area (Å²) in [5, 5.41) is 20.6. The van der Waals surface area contributed by atoms with Gasteiger partial charge in [-0.05, 0) is 10.4 Å². The number of hydrogen-bond donors (Lipinski definition) is 0. The maximum Gasteiger partial charge on any atom is 0.534 e. The Kier molecular flexibility index (Phi) is 7.76. The van der Waals surface area contributed by atoms with Gasteiger partial charge in [-0.3, -0.25) is 10.1 Å². The molecule has 0 unspecified atom stereocenters. The van der Waals surface area contributed by atoms with E-state index in [9.17, 15) is 31.7 Å². The Morgan fingerprint density at radius 1 is 1.25 bits per heavy atom. The number of hydrogen-bond acceptors (Lipinski definition) is 8. The Bertz CT molecular complexity index is 698. The molecule has 1 aliphatic heterocycles. The Balaban J connectivity index is 0.00000123. The maximum absolute atomic E-state index is 12.2. The lowest BCUT2D eigenvalue weighted by Crippen LogP contribution is -2.28. The quantitative estimate of drug-likeness (QED) is 0.339. The molecule has 2 rings (SSSR count). The monoisotopic (exact) mass is 375 g/mol. The predicted octanol–water partition coefficient (Wildman–Crippen LogP) is 1.94. The highest BCUT2D eigenvalue weighted by molar-refractivity contribution is 7.87. The van der Waals surface area contributed by atoms with E-state index < -0.39 is 44.3 Å². The summed E-state index contributed by atoms with van der Waals surface area (Å²) in [5.41, 5.74) is -6.71. The normalized spacial score (nSPS) is 13.8. The molecule has 1 aliphatic rings. The zero-order chi connectivity index (χ0) is 19.1. The van der Waals surface area contributed by atoms with Crippen LogP contribution in [0.25, 0.3) is 5.70 Å². The number of nitro groups is 1. The number of fused-ring (bicyclic) bond motifs is 1. The molecule has 0 aliphatic carbocycles. The van der Waals surface area contributed by atoms with Crippen molar-refractivity contribution >= 4 is 15.8 Å². The highest BCUT2D eigenvalue weighted by Crippen LogP contribution is 2.32. The minimum absolute atomic E-state index is 0.150. The van der Waals surface area contributed by atoms with Crippen LogP contribution in [0.3, 0.4) is 0 Å². The first-order chi connectivity index (χ1) is 11.1. The van der Waals surface area contributed by atoms with Crippen molar-refractivity contribution in [2.75, 3.05) is 0 Å². The third-order valence-electron chi connectivity index (χ3n) is 2.23. The summed E-state index contributed by atoms with van der Waals surface area (Å²) in [6, 6.07) is 0. The minimum Gasteiger partial charge on any atom is -0.373 e. The molecular formula is C10H16F3N5O5S. The third-order valence-corrected chi connectivity index (χ3v) is 3.22. The van der Waals surface area contributed by atoms with Crippen molar-refractivity contribution in [1.82, 2.24) is 20.2 Å². The summed E-state index contributed by atoms with van der Waals surface area (Å²) in [6.07, 6.45) is -0.469. The Morgan fingerprint density at radius 2 is 1.79 bits per heavy atom. The molecule has 138 valence electrons. The van der Waals surface area contributed by atoms with Crippen LogP contribution in [0.2, 0.25) is 0 Å². The van der Waals surface area contributed by atoms with Crippen molar-refractivity contribution in [3.05, 3.63) is 21.7 Å². The van der Waals surface area contributed by atoms with Gasteiger partial charge in [0.15, 0.2) is 0 Å². The molecule has 0 fully saturated rings. The van der Waals surface area contributed by atoms with E-state index in [-0.39, 0.29) is 6.54 Å². The fourth-order valence-electron chi connectivity index (χ4n) is 1.42. The molecule has 0 saturated heterocycles. The molecule has 1 aromatic heterocycles. The van der Waals surface area contributed by atoms with Crippen LogP contribution in [0.5, 0.6) is 0 Å². The van der Waals surface area contributed by atoms with Gasteiger partial charge in [-0.2, -0.15) is 21.6 Å². The SMILES string of the molecule is CC.CC.O=[N+]([O-])C1=C(OS(=O)(=O)C(F)(F)F)CCn2nnnc21. The zero-order valence-corrected chi connectivity index (χ0v) is 14.1. The number of aryl methyl sites for hydroxylation is 1. The molecule has 0 amide bonds. The van der Waals surface area contributed by atoms with Gasteiger partial charge >= 0.3 is 21.3 Å². The molecule has 1 aromatic rings. The van der Waals surface area contributed by atoms with Crippen LogP contribution in [-0.2, 0) is 20.8 Å². The van der Waals surface area contributed by atoms with Gasteiger partial charge in [-0.25, -0.2) is 4.68 Å². The molecule has 2 heterocycles. The second-order valence-electron chi connectivity index (χ2n) is 3.49. The number of alkyl halides is 3. The summed E-state index contributed by atoms with van der Waals surface area (Å²) >= 11 is 0. The van der Waals surface area contributed by atoms with Gasteiger partial charge in [0.2, 0.25) is 5.76 Å². The van der Waals surface area contributed by atoms with Crippen LogP contribution >= 0.6 is 0 Å². The van der Waals surface area contributed by atoms with Crippen LogP contribution in [0, 0.1) is 10.1 Å². The lowest BCUT2D eigenvalue weighted by Gasteiger charge is -2.15. The van der Waals surface area contributed by atoms with Gasteiger partial charge in [-0.1, -0.05) is 27.7 Å². The third kappa shape index (κ3) is 4.62. The summed E-state index contributed by atoms with van der Waals surface area (Å²) in [6.45, 7) is 7.85. The number of halogens is 3. The standard InChI is InChI=1S/C6H4F3N5O5S.2C2H6/c7-6(8,9)20(17,18)19-3-1-2-13-5(10-11-12-13)4(3)14(15)16;2*1-2/h1-2H2;2*1-2H3. The van der Waals surface area contributed by atoms with Gasteiger partial charge in [-0.15, -0.1) is 5.10 Å². The lowest BCUT2D eigenvalue weighted by atomic mass is 10.2. The first kappa shape index (κ1) is 21.8. The molecule has 0 saturated carbocycles. The topological polar surface area (TPSA) is 130 Å². The molecule has 14 heteroatoms. The van der Waals surface area contributed by atoms with Crippen molar-refractivity contribution in [3.63, 3.8) is 0 Å². The number of nitrogens with zero attached hydrogens (tertiary/aromatic N) is 5. The van der Waals surface area contributed by atoms with Crippen LogP contribution < -0.4 is 0 Å². The van der Waals surface area contributed by atoms with E-state index >= 15 is 0 Å². The molecule has 0 spiro atoms. The molecule has 24 heavy (non-hydrogen) atoms. The van der Waals surface area contributed by atoms with Gasteiger partial charge in [0, 0.05) is 6.42 Å². The summed E-state index contributed by atoms with van der Waals surface area (Å²) < 4.78 is 63.1. The van der Waals surface area contributed by atoms with E-state index in [0.717, 1.165) is 4.68 Å². The number of aromatic nitrogens is 4. The van der Waals surface area contributed by atoms with Crippen molar-refractivity contribution in [1.29, 1.82) is 0 Å². The van der Waals surface area contributed by atoms with E-state index in [2.05, 4.69) is 19.7 Å². The average molecular weight is 375 g/mol. The zero-order valence-electron chi connectivity index (χ0n) is 13.2. The van der Waals surface area contributed by atoms with E-state index in [1.807, 2.05) is 27.7 Å². The fourth-order valence-corrected chi connectivity index (χ4v) is 1.94. The number of allylic oxidation sites excluding steroid dienone is 1. The maximum atomic E-state index is 12.2. The van der Waals surface area contributed by atoms with E-state index in [1.165, 1.54) is 0 Å². The highest BCUT2D eigenvalue weighted by Gasteiger charge is 2.50. The fraction of sp³-hybridized carbons (Fsp3) is 0.700. The van der Waals surface area contributed by atoms with Crippen LogP contribution in [0.1, 0.15) is 39.9 Å². The number of tetrazole rings is 1. The van der Waals surface area contributed by atoms with Crippen molar-refractivity contribution in [3.8, 4) is 0 Å². The lowest BCUT2D eigenvalue weighted by molar-refractivity contribution is -0.379. The second-order valence-corrected chi connectivity index (χ2v) is 5.03. The molecule has 0 atom stereocenters. The first-order valence-electron chi connectivity index (χ1n) is 6.78. The van der Waals surface area contributed by atoms with E-state index in [0.29, 0.717) is 0 Å². The molecule has 0 radical (unpaired) electrons. The smallest absolute Gasteiger partial charge is 0.373 e. The predicted molar refractivity (Wildman–Crippen MR) is 75.1 cm³/mol. The minimum atomic E-state index is -5.99. The van der Waals surface area contributed by atoms with E-state index in [1.54, 1.807) is 0 Å². The first-order valence-corrected chi connectivity index (χ1v) is 8.19. The van der Waals surface area contributed by atoms with Crippen molar-refractivity contribution < 1.29 is 30.7 Å². The highest BCUT2D eigenvalue weighted by atomic mass is 32.2.